The number of aliphatic hydroxyl groups excluding tert-OH is 1. The van der Waals surface area contributed by atoms with Crippen LogP contribution in [0.15, 0.2) is 24.3 Å². The first-order chi connectivity index (χ1) is 6.82. The molecule has 0 aromatic heterocycles. The maximum atomic E-state index is 11.2. The number of halogens is 1. The molecule has 6 heteroatoms. The molecule has 0 spiro atoms. The van der Waals surface area contributed by atoms with Crippen molar-refractivity contribution in [2.45, 2.75) is 9.36 Å². The third-order valence-electron chi connectivity index (χ3n) is 1.94. The Morgan fingerprint density at radius 1 is 1.33 bits per heavy atom. The number of rotatable bonds is 3. The van der Waals surface area contributed by atoms with Gasteiger partial charge in [0.05, 0.1) is 0 Å². The van der Waals surface area contributed by atoms with E-state index in [1.165, 1.54) is 0 Å². The Hall–Kier alpha value is -0.340. The van der Waals surface area contributed by atoms with Gasteiger partial charge in [-0.1, -0.05) is 34.7 Å². The first-order valence-corrected chi connectivity index (χ1v) is 7.39. The molecular weight excluding hydrogens is 329 g/mol. The summed E-state index contributed by atoms with van der Waals surface area (Å²) in [7, 11) is -3.25. The van der Waals surface area contributed by atoms with Crippen LogP contribution in [0.2, 0.25) is 0 Å². The normalized spacial score (nSPS) is 15.9. The van der Waals surface area contributed by atoms with Gasteiger partial charge in [0, 0.05) is 11.9 Å². The van der Waals surface area contributed by atoms with Gasteiger partial charge < -0.3 is 10.8 Å². The van der Waals surface area contributed by atoms with Crippen molar-refractivity contribution in [3.05, 3.63) is 29.8 Å². The van der Waals surface area contributed by atoms with Crippen LogP contribution in [0.1, 0.15) is 11.7 Å². The van der Waals surface area contributed by atoms with E-state index < -0.39 is 19.2 Å². The summed E-state index contributed by atoms with van der Waals surface area (Å²) in [6.07, 6.45) is 0.0751. The van der Waals surface area contributed by atoms with Gasteiger partial charge in [-0.2, -0.15) is 0 Å². The fourth-order valence-corrected chi connectivity index (χ4v) is 2.12. The maximum Gasteiger partial charge on any atom is 0.162 e. The maximum absolute atomic E-state index is 11.2. The zero-order valence-corrected chi connectivity index (χ0v) is 11.1. The highest BCUT2D eigenvalue weighted by atomic mass is 127. The highest BCUT2D eigenvalue weighted by Crippen LogP contribution is 2.27. The molecule has 0 aliphatic heterocycles. The quantitative estimate of drug-likeness (QED) is 0.490. The van der Waals surface area contributed by atoms with E-state index in [0.717, 1.165) is 6.26 Å². The lowest BCUT2D eigenvalue weighted by Gasteiger charge is -2.16. The van der Waals surface area contributed by atoms with E-state index in [0.29, 0.717) is 11.3 Å². The highest BCUT2D eigenvalue weighted by molar-refractivity contribution is 14.1. The minimum absolute atomic E-state index is 0.550. The molecule has 2 atom stereocenters. The summed E-state index contributed by atoms with van der Waals surface area (Å²) in [6.45, 7) is 0. The third-order valence-corrected chi connectivity index (χ3v) is 6.46. The van der Waals surface area contributed by atoms with Crippen LogP contribution in [-0.2, 0) is 9.84 Å². The molecule has 4 nitrogen and oxygen atoms in total. The second kappa shape index (κ2) is 4.67. The van der Waals surface area contributed by atoms with Gasteiger partial charge in [-0.3, -0.25) is 0 Å². The topological polar surface area (TPSA) is 80.4 Å². The van der Waals surface area contributed by atoms with Crippen molar-refractivity contribution in [2.75, 3.05) is 12.0 Å². The standard InChI is InChI=1S/C9H12INO3S/c1-15(13,14)9(10)8(12)6-2-4-7(11)5-3-6/h2-5,8-9,12H,11H2,1H3. The summed E-state index contributed by atoms with van der Waals surface area (Å²) in [4.78, 5) is 0. The number of nitrogen functional groups attached to an aromatic ring is 1. The average molecular weight is 341 g/mol. The molecule has 3 N–H and O–H groups in total. The molecule has 0 heterocycles. The number of aliphatic hydroxyl groups is 1. The van der Waals surface area contributed by atoms with Gasteiger partial charge in [0.1, 0.15) is 9.36 Å². The fourth-order valence-electron chi connectivity index (χ4n) is 1.08. The monoisotopic (exact) mass is 341 g/mol. The van der Waals surface area contributed by atoms with Gasteiger partial charge in [0.15, 0.2) is 9.84 Å². The van der Waals surface area contributed by atoms with Gasteiger partial charge in [-0.15, -0.1) is 0 Å². The molecule has 0 bridgehead atoms. The number of sulfone groups is 1. The molecule has 0 saturated carbocycles. The second-order valence-electron chi connectivity index (χ2n) is 3.29. The number of nitrogens with two attached hydrogens (primary N) is 1. The lowest BCUT2D eigenvalue weighted by Crippen LogP contribution is -2.21. The number of hydrogen-bond acceptors (Lipinski definition) is 4. The first-order valence-electron chi connectivity index (χ1n) is 4.19. The molecule has 1 aromatic carbocycles. The van der Waals surface area contributed by atoms with E-state index >= 15 is 0 Å². The zero-order valence-electron chi connectivity index (χ0n) is 8.09. The van der Waals surface area contributed by atoms with Crippen LogP contribution in [0, 0.1) is 0 Å². The van der Waals surface area contributed by atoms with Crippen LogP contribution in [0.5, 0.6) is 0 Å². The molecule has 0 amide bonds. The lowest BCUT2D eigenvalue weighted by atomic mass is 10.1. The zero-order chi connectivity index (χ0) is 11.6. The molecule has 0 saturated heterocycles. The van der Waals surface area contributed by atoms with Crippen LogP contribution in [-0.4, -0.2) is 23.0 Å². The fraction of sp³-hybridized carbons (Fsp3) is 0.333. The van der Waals surface area contributed by atoms with Crippen LogP contribution in [0.4, 0.5) is 5.69 Å². The Kier molecular flexibility index (Phi) is 3.96. The van der Waals surface area contributed by atoms with Crippen molar-refractivity contribution >= 4 is 38.1 Å². The largest absolute Gasteiger partial charge is 0.399 e. The SMILES string of the molecule is CS(=O)(=O)C(I)C(O)c1ccc(N)cc1. The predicted octanol–water partition coefficient (Wildman–Crippen LogP) is 1.11. The smallest absolute Gasteiger partial charge is 0.162 e. The minimum atomic E-state index is -3.25. The molecule has 2 unspecified atom stereocenters. The van der Waals surface area contributed by atoms with E-state index in [-0.39, 0.29) is 0 Å². The van der Waals surface area contributed by atoms with E-state index in [2.05, 4.69) is 0 Å². The van der Waals surface area contributed by atoms with Crippen LogP contribution in [0.3, 0.4) is 0 Å². The number of hydrogen-bond donors (Lipinski definition) is 2. The van der Waals surface area contributed by atoms with Gasteiger partial charge in [-0.25, -0.2) is 8.42 Å². The van der Waals surface area contributed by atoms with Crippen molar-refractivity contribution in [2.24, 2.45) is 0 Å². The molecular formula is C9H12INO3S. The van der Waals surface area contributed by atoms with E-state index in [1.54, 1.807) is 46.9 Å². The van der Waals surface area contributed by atoms with Gasteiger partial charge >= 0.3 is 0 Å². The number of alkyl halides is 1. The Morgan fingerprint density at radius 2 is 1.80 bits per heavy atom. The molecule has 1 aromatic rings. The number of benzene rings is 1. The molecule has 15 heavy (non-hydrogen) atoms. The summed E-state index contributed by atoms with van der Waals surface area (Å²) in [5, 5.41) is 9.79. The Labute approximate surface area is 103 Å². The molecule has 1 rings (SSSR count). The van der Waals surface area contributed by atoms with Gasteiger partial charge in [0.25, 0.3) is 0 Å². The summed E-state index contributed by atoms with van der Waals surface area (Å²) < 4.78 is 21.6. The number of anilines is 1. The van der Waals surface area contributed by atoms with Crippen LogP contribution >= 0.6 is 22.6 Å². The molecule has 0 aliphatic carbocycles. The Morgan fingerprint density at radius 3 is 2.20 bits per heavy atom. The molecule has 0 radical (unpaired) electrons. The average Bonchev–Trinajstić information content (AvgIpc) is 2.15. The van der Waals surface area contributed by atoms with Crippen LogP contribution in [0.25, 0.3) is 0 Å². The molecule has 0 aliphatic rings. The lowest BCUT2D eigenvalue weighted by molar-refractivity contribution is 0.197. The summed E-state index contributed by atoms with van der Waals surface area (Å²) in [5.41, 5.74) is 6.62. The van der Waals surface area contributed by atoms with Gasteiger partial charge in [0.2, 0.25) is 0 Å². The summed E-state index contributed by atoms with van der Waals surface area (Å²) >= 11 is 1.72. The third kappa shape index (κ3) is 3.32. The van der Waals surface area contributed by atoms with E-state index in [9.17, 15) is 13.5 Å². The second-order valence-corrected chi connectivity index (χ2v) is 7.65. The van der Waals surface area contributed by atoms with Crippen molar-refractivity contribution in [1.82, 2.24) is 0 Å². The summed E-state index contributed by atoms with van der Waals surface area (Å²) in [5.74, 6) is 0. The van der Waals surface area contributed by atoms with Crippen molar-refractivity contribution in [1.29, 1.82) is 0 Å². The summed E-state index contributed by atoms with van der Waals surface area (Å²) in [6, 6.07) is 6.50. The Bertz CT molecular complexity index is 429. The van der Waals surface area contributed by atoms with Crippen molar-refractivity contribution in [3.8, 4) is 0 Å². The van der Waals surface area contributed by atoms with Crippen molar-refractivity contribution < 1.29 is 13.5 Å². The van der Waals surface area contributed by atoms with Gasteiger partial charge in [-0.05, 0) is 17.7 Å². The van der Waals surface area contributed by atoms with E-state index in [4.69, 9.17) is 5.73 Å². The molecule has 0 fully saturated rings. The molecule has 84 valence electrons. The first kappa shape index (κ1) is 12.7. The van der Waals surface area contributed by atoms with E-state index in [1.807, 2.05) is 0 Å². The minimum Gasteiger partial charge on any atom is -0.399 e. The Balaban J connectivity index is 2.95. The van der Waals surface area contributed by atoms with Crippen molar-refractivity contribution in [3.63, 3.8) is 0 Å². The van der Waals surface area contributed by atoms with Crippen LogP contribution < -0.4 is 5.73 Å². The predicted molar refractivity (Wildman–Crippen MR) is 68.5 cm³/mol. The highest BCUT2D eigenvalue weighted by Gasteiger charge is 2.26.